The van der Waals surface area contributed by atoms with Crippen molar-refractivity contribution in [1.29, 1.82) is 0 Å². The van der Waals surface area contributed by atoms with E-state index in [1.54, 1.807) is 14.2 Å². The van der Waals surface area contributed by atoms with Crippen LogP contribution >= 0.6 is 11.8 Å². The highest BCUT2D eigenvalue weighted by atomic mass is 32.2. The number of aromatic nitrogens is 2. The summed E-state index contributed by atoms with van der Waals surface area (Å²) in [5, 5.41) is 7.92. The van der Waals surface area contributed by atoms with Crippen molar-refractivity contribution in [3.63, 3.8) is 0 Å². The van der Waals surface area contributed by atoms with Gasteiger partial charge in [0.1, 0.15) is 5.82 Å². The number of amides is 1. The van der Waals surface area contributed by atoms with Crippen LogP contribution in [0.15, 0.2) is 36.4 Å². The lowest BCUT2D eigenvalue weighted by atomic mass is 10.1. The fourth-order valence-corrected chi connectivity index (χ4v) is 4.79. The first-order valence-electron chi connectivity index (χ1n) is 9.76. The summed E-state index contributed by atoms with van der Waals surface area (Å²) in [7, 11) is 3.18. The second kappa shape index (κ2) is 8.44. The van der Waals surface area contributed by atoms with Gasteiger partial charge in [0, 0.05) is 17.1 Å². The van der Waals surface area contributed by atoms with Crippen LogP contribution in [0, 0.1) is 13.8 Å². The van der Waals surface area contributed by atoms with Crippen molar-refractivity contribution in [2.24, 2.45) is 0 Å². The minimum absolute atomic E-state index is 0.0903. The number of hydrogen-bond donors (Lipinski definition) is 1. The van der Waals surface area contributed by atoms with Crippen molar-refractivity contribution in [3.05, 3.63) is 64.3 Å². The smallest absolute Gasteiger partial charge is 0.229 e. The number of ether oxygens (including phenoxy) is 2. The fraction of sp³-hybridized carbons (Fsp3) is 0.304. The normalized spacial score (nSPS) is 12.5. The molecule has 7 heteroatoms. The Morgan fingerprint density at radius 1 is 1.07 bits per heavy atom. The molecule has 2 aromatic carbocycles. The third-order valence-electron chi connectivity index (χ3n) is 5.07. The molecule has 0 aliphatic carbocycles. The van der Waals surface area contributed by atoms with E-state index in [2.05, 4.69) is 37.4 Å². The van der Waals surface area contributed by atoms with E-state index in [9.17, 15) is 4.79 Å². The summed E-state index contributed by atoms with van der Waals surface area (Å²) in [6.45, 7) is 4.14. The molecule has 1 aliphatic rings. The monoisotopic (exact) mass is 423 g/mol. The van der Waals surface area contributed by atoms with Gasteiger partial charge >= 0.3 is 0 Å². The van der Waals surface area contributed by atoms with Crippen molar-refractivity contribution in [2.75, 3.05) is 19.5 Å². The number of anilines is 1. The summed E-state index contributed by atoms with van der Waals surface area (Å²) in [6.07, 6.45) is 0.236. The van der Waals surface area contributed by atoms with Gasteiger partial charge in [0.15, 0.2) is 11.5 Å². The van der Waals surface area contributed by atoms with Gasteiger partial charge in [0.25, 0.3) is 0 Å². The number of carbonyl (C=O) groups is 1. The van der Waals surface area contributed by atoms with E-state index in [1.807, 2.05) is 34.6 Å². The topological polar surface area (TPSA) is 65.4 Å². The molecular weight excluding hydrogens is 398 g/mol. The van der Waals surface area contributed by atoms with Gasteiger partial charge in [0.2, 0.25) is 5.91 Å². The average Bonchev–Trinajstić information content (AvgIpc) is 3.29. The van der Waals surface area contributed by atoms with Crippen molar-refractivity contribution in [2.45, 2.75) is 31.8 Å². The number of aryl methyl sites for hydroxylation is 2. The lowest BCUT2D eigenvalue weighted by Gasteiger charge is -2.13. The van der Waals surface area contributed by atoms with Gasteiger partial charge in [-0.15, -0.1) is 0 Å². The first-order chi connectivity index (χ1) is 14.5. The van der Waals surface area contributed by atoms with E-state index in [-0.39, 0.29) is 12.3 Å². The summed E-state index contributed by atoms with van der Waals surface area (Å²) in [6, 6.07) is 11.8. The predicted molar refractivity (Wildman–Crippen MR) is 120 cm³/mol. The predicted octanol–water partition coefficient (Wildman–Crippen LogP) is 4.43. The summed E-state index contributed by atoms with van der Waals surface area (Å²) in [4.78, 5) is 12.9. The quantitative estimate of drug-likeness (QED) is 0.635. The largest absolute Gasteiger partial charge is 0.493 e. The number of rotatable bonds is 6. The third-order valence-corrected chi connectivity index (χ3v) is 6.04. The molecule has 0 bridgehead atoms. The third kappa shape index (κ3) is 4.03. The van der Waals surface area contributed by atoms with Gasteiger partial charge in [-0.2, -0.15) is 16.9 Å². The Morgan fingerprint density at radius 2 is 1.80 bits per heavy atom. The zero-order chi connectivity index (χ0) is 21.3. The molecule has 1 N–H and O–H groups in total. The van der Waals surface area contributed by atoms with Crippen LogP contribution in [-0.4, -0.2) is 29.9 Å². The zero-order valence-corrected chi connectivity index (χ0v) is 18.4. The Labute approximate surface area is 180 Å². The maximum absolute atomic E-state index is 12.9. The number of fused-ring (bicyclic) bond motifs is 1. The van der Waals surface area contributed by atoms with Gasteiger partial charge in [-0.3, -0.25) is 4.79 Å². The van der Waals surface area contributed by atoms with Crippen LogP contribution in [0.5, 0.6) is 11.5 Å². The Balaban J connectivity index is 1.62. The van der Waals surface area contributed by atoms with Crippen LogP contribution in [0.1, 0.15) is 27.9 Å². The highest BCUT2D eigenvalue weighted by Gasteiger charge is 2.25. The van der Waals surface area contributed by atoms with E-state index in [4.69, 9.17) is 14.6 Å². The summed E-state index contributed by atoms with van der Waals surface area (Å²) >= 11 is 1.82. The lowest BCUT2D eigenvalue weighted by Crippen LogP contribution is -2.18. The maximum atomic E-state index is 12.9. The number of benzene rings is 2. The number of nitrogens with one attached hydrogen (secondary N) is 1. The van der Waals surface area contributed by atoms with E-state index in [0.717, 1.165) is 51.0 Å². The number of carbonyl (C=O) groups excluding carboxylic acids is 1. The molecule has 2 heterocycles. The van der Waals surface area contributed by atoms with Crippen LogP contribution < -0.4 is 14.8 Å². The molecule has 0 atom stereocenters. The van der Waals surface area contributed by atoms with Crippen molar-refractivity contribution >= 4 is 23.5 Å². The van der Waals surface area contributed by atoms with E-state index >= 15 is 0 Å². The molecule has 0 spiro atoms. The molecule has 1 aliphatic heterocycles. The molecule has 0 unspecified atom stereocenters. The molecule has 0 radical (unpaired) electrons. The van der Waals surface area contributed by atoms with Gasteiger partial charge in [0.05, 0.1) is 32.0 Å². The molecule has 3 aromatic rings. The fourth-order valence-electron chi connectivity index (χ4n) is 3.75. The average molecular weight is 424 g/mol. The van der Waals surface area contributed by atoms with Crippen LogP contribution in [0.4, 0.5) is 5.82 Å². The first-order valence-corrected chi connectivity index (χ1v) is 10.9. The van der Waals surface area contributed by atoms with Crippen molar-refractivity contribution < 1.29 is 14.3 Å². The van der Waals surface area contributed by atoms with Crippen LogP contribution in [0.25, 0.3) is 5.69 Å². The summed E-state index contributed by atoms with van der Waals surface area (Å²) in [5.74, 6) is 3.65. The molecule has 6 nitrogen and oxygen atoms in total. The highest BCUT2D eigenvalue weighted by Crippen LogP contribution is 2.36. The van der Waals surface area contributed by atoms with Gasteiger partial charge < -0.3 is 14.8 Å². The second-order valence-electron chi connectivity index (χ2n) is 7.44. The molecular formula is C23H25N3O3S. The lowest BCUT2D eigenvalue weighted by molar-refractivity contribution is -0.115. The minimum atomic E-state index is -0.0903. The number of methoxy groups -OCH3 is 2. The molecule has 1 aromatic heterocycles. The standard InChI is InChI=1S/C23H25N3O3S/c1-14-7-15(2)9-17(8-14)26-23(18-12-30-13-19(18)25-26)24-22(27)11-16-5-6-20(28-3)21(10-16)29-4/h5-10H,11-13H2,1-4H3,(H,24,27). The Kier molecular flexibility index (Phi) is 5.72. The minimum Gasteiger partial charge on any atom is -0.493 e. The second-order valence-corrected chi connectivity index (χ2v) is 8.42. The Bertz CT molecular complexity index is 1090. The zero-order valence-electron chi connectivity index (χ0n) is 17.6. The molecule has 4 rings (SSSR count). The van der Waals surface area contributed by atoms with Gasteiger partial charge in [-0.25, -0.2) is 4.68 Å². The van der Waals surface area contributed by atoms with Crippen molar-refractivity contribution in [3.8, 4) is 17.2 Å². The number of nitrogens with zero attached hydrogens (tertiary/aromatic N) is 2. The van der Waals surface area contributed by atoms with E-state index < -0.39 is 0 Å². The molecule has 30 heavy (non-hydrogen) atoms. The Hall–Kier alpha value is -2.93. The summed E-state index contributed by atoms with van der Waals surface area (Å²) in [5.41, 5.74) is 6.30. The molecule has 1 amide bonds. The molecule has 0 saturated heterocycles. The van der Waals surface area contributed by atoms with Crippen molar-refractivity contribution in [1.82, 2.24) is 9.78 Å². The van der Waals surface area contributed by atoms with Gasteiger partial charge in [-0.05, 0) is 54.8 Å². The first kappa shape index (κ1) is 20.3. The molecule has 0 fully saturated rings. The highest BCUT2D eigenvalue weighted by molar-refractivity contribution is 7.98. The number of hydrogen-bond acceptors (Lipinski definition) is 5. The molecule has 156 valence electrons. The molecule has 0 saturated carbocycles. The van der Waals surface area contributed by atoms with Crippen LogP contribution in [-0.2, 0) is 22.7 Å². The maximum Gasteiger partial charge on any atom is 0.229 e. The van der Waals surface area contributed by atoms with Gasteiger partial charge in [-0.1, -0.05) is 12.1 Å². The van der Waals surface area contributed by atoms with Crippen LogP contribution in [0.2, 0.25) is 0 Å². The SMILES string of the molecule is COc1ccc(CC(=O)Nc2c3c(nn2-c2cc(C)cc(C)c2)CSC3)cc1OC. The van der Waals surface area contributed by atoms with E-state index in [1.165, 1.54) is 0 Å². The Morgan fingerprint density at radius 3 is 2.50 bits per heavy atom. The van der Waals surface area contributed by atoms with E-state index in [0.29, 0.717) is 11.5 Å². The van der Waals surface area contributed by atoms with Crippen LogP contribution in [0.3, 0.4) is 0 Å². The number of thioether (sulfide) groups is 1. The summed E-state index contributed by atoms with van der Waals surface area (Å²) < 4.78 is 12.5.